The van der Waals surface area contributed by atoms with Gasteiger partial charge in [-0.15, -0.1) is 0 Å². The van der Waals surface area contributed by atoms with Crippen LogP contribution in [0.4, 0.5) is 0 Å². The van der Waals surface area contributed by atoms with Gasteiger partial charge < -0.3 is 19.8 Å². The van der Waals surface area contributed by atoms with E-state index in [0.29, 0.717) is 44.7 Å². The van der Waals surface area contributed by atoms with Gasteiger partial charge in [-0.3, -0.25) is 9.28 Å². The van der Waals surface area contributed by atoms with Crippen LogP contribution in [0.5, 0.6) is 0 Å². The number of carbonyl (C=O) groups excluding carboxylic acids is 2. The summed E-state index contributed by atoms with van der Waals surface area (Å²) in [5.41, 5.74) is 8.55. The number of aldehydes is 1. The number of likely N-dealkylation sites (tertiary alicyclic amines) is 2. The first-order valence-corrected chi connectivity index (χ1v) is 18.5. The fourth-order valence-electron chi connectivity index (χ4n) is 9.08. The molecule has 3 fully saturated rings. The number of alkyl halides is 1. The van der Waals surface area contributed by atoms with Crippen molar-refractivity contribution in [3.05, 3.63) is 78.9 Å². The summed E-state index contributed by atoms with van der Waals surface area (Å²) < 4.78 is 8.33. The first-order chi connectivity index (χ1) is 23.9. The Morgan fingerprint density at radius 2 is 1.88 bits per heavy atom. The average Bonchev–Trinajstić information content (AvgIpc) is 3.85. The second-order valence-electron chi connectivity index (χ2n) is 14.8. The molecule has 11 heteroatoms. The van der Waals surface area contributed by atoms with Gasteiger partial charge in [0.05, 0.1) is 13.1 Å². The van der Waals surface area contributed by atoms with E-state index in [0.717, 1.165) is 46.8 Å². The highest BCUT2D eigenvalue weighted by Gasteiger charge is 2.51. The van der Waals surface area contributed by atoms with Crippen LogP contribution in [-0.4, -0.2) is 78.0 Å². The van der Waals surface area contributed by atoms with Crippen molar-refractivity contribution in [1.82, 2.24) is 24.6 Å². The highest BCUT2D eigenvalue weighted by atomic mass is 35.5. The lowest BCUT2D eigenvalue weighted by Gasteiger charge is -2.53. The molecule has 260 valence electrons. The molecule has 3 unspecified atom stereocenters. The minimum atomic E-state index is -0.625. The Morgan fingerprint density at radius 1 is 1.10 bits per heavy atom. The second kappa shape index (κ2) is 14.7. The Balaban J connectivity index is 1.07. The van der Waals surface area contributed by atoms with Crippen LogP contribution in [0.25, 0.3) is 11.3 Å². The molecular formula is C38H49ClN7O3+. The summed E-state index contributed by atoms with van der Waals surface area (Å²) in [5.74, 6) is 1.38. The van der Waals surface area contributed by atoms with Gasteiger partial charge in [0.25, 0.3) is 5.91 Å². The number of halogens is 1. The number of piperidine rings is 2. The first kappa shape index (κ1) is 33.9. The smallest absolute Gasteiger partial charge is 0.276 e. The van der Waals surface area contributed by atoms with Gasteiger partial charge in [0.2, 0.25) is 0 Å². The fraction of sp³-hybridized carbons (Fsp3) is 0.553. The molecule has 2 N–H and O–H groups in total. The summed E-state index contributed by atoms with van der Waals surface area (Å²) in [6.07, 6.45) is 23.7. The molecule has 10 nitrogen and oxygen atoms in total. The van der Waals surface area contributed by atoms with Gasteiger partial charge in [0.1, 0.15) is 18.9 Å². The lowest BCUT2D eigenvalue weighted by atomic mass is 9.75. The minimum absolute atomic E-state index is 0.0912. The Labute approximate surface area is 294 Å². The van der Waals surface area contributed by atoms with Gasteiger partial charge in [0.15, 0.2) is 29.5 Å². The molecule has 2 saturated heterocycles. The lowest BCUT2D eigenvalue weighted by molar-refractivity contribution is -0.981. The summed E-state index contributed by atoms with van der Waals surface area (Å²) in [7, 11) is 0. The van der Waals surface area contributed by atoms with Gasteiger partial charge in [-0.25, -0.2) is 14.6 Å². The molecule has 4 heterocycles. The molecule has 2 aliphatic carbocycles. The molecule has 7 rings (SSSR count). The summed E-state index contributed by atoms with van der Waals surface area (Å²) in [4.78, 5) is 36.5. The minimum Gasteiger partial charge on any atom is -0.443 e. The third-order valence-electron chi connectivity index (χ3n) is 11.9. The van der Waals surface area contributed by atoms with E-state index >= 15 is 0 Å². The van der Waals surface area contributed by atoms with Crippen LogP contribution in [0.1, 0.15) is 81.1 Å². The number of hydrogen-bond donors (Lipinski definition) is 1. The van der Waals surface area contributed by atoms with Crippen molar-refractivity contribution in [3.63, 3.8) is 0 Å². The number of quaternary nitrogens is 1. The summed E-state index contributed by atoms with van der Waals surface area (Å²) >= 11 is 7.68. The van der Waals surface area contributed by atoms with Crippen LogP contribution in [0, 0.1) is 17.8 Å². The molecule has 4 atom stereocenters. The number of hydrogen-bond acceptors (Lipinski definition) is 7. The monoisotopic (exact) mass is 686 g/mol. The van der Waals surface area contributed by atoms with Gasteiger partial charge in [-0.2, -0.15) is 5.10 Å². The topological polar surface area (TPSA) is 120 Å². The molecule has 0 radical (unpaired) electrons. The van der Waals surface area contributed by atoms with Crippen molar-refractivity contribution in [3.8, 4) is 11.3 Å². The zero-order valence-corrected chi connectivity index (χ0v) is 29.0. The quantitative estimate of drug-likeness (QED) is 0.114. The molecule has 49 heavy (non-hydrogen) atoms. The average molecular weight is 687 g/mol. The Morgan fingerprint density at radius 3 is 2.57 bits per heavy atom. The van der Waals surface area contributed by atoms with Gasteiger partial charge in [0, 0.05) is 36.5 Å². The fourth-order valence-corrected chi connectivity index (χ4v) is 9.44. The summed E-state index contributed by atoms with van der Waals surface area (Å²) in [5, 5.41) is 4.48. The summed E-state index contributed by atoms with van der Waals surface area (Å²) in [6.45, 7) is 3.13. The van der Waals surface area contributed by atoms with Crippen molar-refractivity contribution >= 4 is 23.8 Å². The van der Waals surface area contributed by atoms with Crippen LogP contribution in [0.2, 0.25) is 0 Å². The number of allylic oxidation sites excluding steroid dienone is 2. The number of benzene rings is 1. The second-order valence-corrected chi connectivity index (χ2v) is 15.4. The number of nitrogens with two attached hydrogens (primary N) is 1. The standard InChI is InChI=1S/C38H49ClN7O3/c39-38(46(27-44-25-41-24-43-44)19-14-30(15-20-46)29-7-3-1-4-8-29)16-11-28(12-17-38)21-32(23-47)34-22-33(40)13-18-45(34)37(48)35-36(49-26-42-35)31-9-5-2-6-10-31/h2,5-6,9-12,16,23-26,29-30,32-34H,1,3-4,7-8,13-15,17-22,27,40H2/q+1/t30?,32-,33?,34?,38?,46?/m0/s1. The number of nitrogens with zero attached hydrogens (tertiary/aromatic N) is 6. The van der Waals surface area contributed by atoms with Crippen LogP contribution in [-0.2, 0) is 11.5 Å². The maximum Gasteiger partial charge on any atom is 0.276 e. The Bertz CT molecular complexity index is 1630. The van der Waals surface area contributed by atoms with E-state index in [-0.39, 0.29) is 23.7 Å². The normalized spacial score (nSPS) is 30.1. The zero-order chi connectivity index (χ0) is 33.8. The molecule has 0 bridgehead atoms. The molecule has 2 aliphatic heterocycles. The number of aromatic nitrogens is 4. The molecule has 4 aliphatic rings. The van der Waals surface area contributed by atoms with Crippen molar-refractivity contribution in [2.75, 3.05) is 19.6 Å². The Kier molecular flexibility index (Phi) is 10.2. The highest BCUT2D eigenvalue weighted by Crippen LogP contribution is 2.46. The van der Waals surface area contributed by atoms with Crippen LogP contribution >= 0.6 is 11.6 Å². The number of carbonyl (C=O) groups is 2. The predicted molar refractivity (Wildman–Crippen MR) is 188 cm³/mol. The number of rotatable bonds is 10. The van der Waals surface area contributed by atoms with E-state index in [9.17, 15) is 9.59 Å². The van der Waals surface area contributed by atoms with E-state index in [1.165, 1.54) is 51.3 Å². The van der Waals surface area contributed by atoms with Crippen molar-refractivity contribution in [1.29, 1.82) is 0 Å². The van der Waals surface area contributed by atoms with Crippen LogP contribution < -0.4 is 5.73 Å². The number of amides is 1. The largest absolute Gasteiger partial charge is 0.443 e. The molecule has 1 aromatic carbocycles. The van der Waals surface area contributed by atoms with Crippen molar-refractivity contribution in [2.24, 2.45) is 23.5 Å². The zero-order valence-electron chi connectivity index (χ0n) is 28.3. The van der Waals surface area contributed by atoms with Gasteiger partial charge in [-0.1, -0.05) is 80.2 Å². The highest BCUT2D eigenvalue weighted by molar-refractivity contribution is 6.24. The SMILES string of the molecule is NC1CCN(C(=O)c2ncoc2-c2ccccc2)C([C@H](C=O)CC2=CCC(Cl)([N+]3(Cn4cncn4)CCC(C4CCCCC4)CC3)C=C2)C1. The maximum absolute atomic E-state index is 14.0. The third-order valence-corrected chi connectivity index (χ3v) is 12.6. The van der Waals surface area contributed by atoms with Crippen LogP contribution in [0.15, 0.2) is 77.6 Å². The third kappa shape index (κ3) is 7.05. The molecular weight excluding hydrogens is 638 g/mol. The van der Waals surface area contributed by atoms with Crippen molar-refractivity contribution < 1.29 is 18.5 Å². The van der Waals surface area contributed by atoms with E-state index in [1.807, 2.05) is 35.0 Å². The van der Waals surface area contributed by atoms with E-state index in [2.05, 4.69) is 33.3 Å². The first-order valence-electron chi connectivity index (χ1n) is 18.1. The molecule has 2 aromatic heterocycles. The predicted octanol–water partition coefficient (Wildman–Crippen LogP) is 6.36. The van der Waals surface area contributed by atoms with Crippen LogP contribution in [0.3, 0.4) is 0 Å². The van der Waals surface area contributed by atoms with Crippen molar-refractivity contribution in [2.45, 2.75) is 94.4 Å². The lowest BCUT2D eigenvalue weighted by Crippen LogP contribution is -2.64. The molecule has 3 aromatic rings. The van der Waals surface area contributed by atoms with E-state index < -0.39 is 10.9 Å². The molecule has 1 saturated carbocycles. The Hall–Kier alpha value is -3.60. The van der Waals surface area contributed by atoms with E-state index in [4.69, 9.17) is 21.8 Å². The molecule has 1 amide bonds. The number of oxazole rings is 1. The summed E-state index contributed by atoms with van der Waals surface area (Å²) in [6, 6.07) is 9.06. The van der Waals surface area contributed by atoms with E-state index in [1.54, 1.807) is 17.6 Å². The molecule has 0 spiro atoms. The van der Waals surface area contributed by atoms with Gasteiger partial charge in [-0.05, 0) is 61.6 Å². The maximum atomic E-state index is 14.0. The van der Waals surface area contributed by atoms with Gasteiger partial charge >= 0.3 is 0 Å².